The first-order valence-electron chi connectivity index (χ1n) is 7.78. The fourth-order valence-corrected chi connectivity index (χ4v) is 2.60. The van der Waals surface area contributed by atoms with Crippen molar-refractivity contribution in [3.8, 4) is 0 Å². The first kappa shape index (κ1) is 15.3. The van der Waals surface area contributed by atoms with Gasteiger partial charge in [-0.15, -0.1) is 0 Å². The van der Waals surface area contributed by atoms with E-state index in [1.165, 1.54) is 0 Å². The molecule has 6 heteroatoms. The van der Waals surface area contributed by atoms with Crippen LogP contribution in [0.3, 0.4) is 0 Å². The number of rotatable bonds is 4. The number of oxime groups is 1. The van der Waals surface area contributed by atoms with Gasteiger partial charge in [-0.2, -0.15) is 0 Å². The number of nitrogens with one attached hydrogen (secondary N) is 2. The molecule has 0 bridgehead atoms. The lowest BCUT2D eigenvalue weighted by molar-refractivity contribution is 0.0870. The summed E-state index contributed by atoms with van der Waals surface area (Å²) in [5.41, 5.74) is 3.75. The number of carbonyl (C=O) groups excluding carboxylic acids is 1. The highest BCUT2D eigenvalue weighted by atomic mass is 16.6. The van der Waals surface area contributed by atoms with E-state index >= 15 is 0 Å². The summed E-state index contributed by atoms with van der Waals surface area (Å²) in [6, 6.07) is 7.40. The SMILES string of the molecule is CCC1=NO[C@H](CNC(=O)Nc2ccc(C)c3ncccc23)C1. The van der Waals surface area contributed by atoms with Crippen LogP contribution in [0.1, 0.15) is 25.3 Å². The maximum Gasteiger partial charge on any atom is 0.319 e. The van der Waals surface area contributed by atoms with Gasteiger partial charge in [0.25, 0.3) is 0 Å². The number of benzene rings is 1. The number of fused-ring (bicyclic) bond motifs is 1. The molecular formula is C17H20N4O2. The molecule has 0 unspecified atom stereocenters. The molecule has 2 aromatic rings. The van der Waals surface area contributed by atoms with Crippen molar-refractivity contribution in [2.24, 2.45) is 5.16 Å². The molecular weight excluding hydrogens is 292 g/mol. The topological polar surface area (TPSA) is 75.6 Å². The van der Waals surface area contributed by atoms with E-state index in [0.29, 0.717) is 6.54 Å². The van der Waals surface area contributed by atoms with E-state index in [4.69, 9.17) is 4.84 Å². The van der Waals surface area contributed by atoms with Crippen LogP contribution >= 0.6 is 0 Å². The second-order valence-corrected chi connectivity index (χ2v) is 5.61. The van der Waals surface area contributed by atoms with Gasteiger partial charge in [0.15, 0.2) is 0 Å². The van der Waals surface area contributed by atoms with Crippen LogP contribution in [0.4, 0.5) is 10.5 Å². The Morgan fingerprint density at radius 3 is 3.04 bits per heavy atom. The standard InChI is InChI=1S/C17H20N4O2/c1-3-12-9-13(23-21-12)10-19-17(22)20-15-7-6-11(2)16-14(15)5-4-8-18-16/h4-8,13H,3,9-10H2,1-2H3,(H2,19,20,22)/t13-/m0/s1. The maximum atomic E-state index is 12.1. The summed E-state index contributed by atoms with van der Waals surface area (Å²) in [5.74, 6) is 0. The molecule has 3 rings (SSSR count). The molecule has 23 heavy (non-hydrogen) atoms. The quantitative estimate of drug-likeness (QED) is 0.910. The van der Waals surface area contributed by atoms with E-state index in [2.05, 4.69) is 20.8 Å². The number of urea groups is 1. The van der Waals surface area contributed by atoms with Crippen molar-refractivity contribution in [1.82, 2.24) is 10.3 Å². The Balaban J connectivity index is 1.62. The smallest absolute Gasteiger partial charge is 0.319 e. The average molecular weight is 312 g/mol. The Hall–Kier alpha value is -2.63. The van der Waals surface area contributed by atoms with E-state index in [-0.39, 0.29) is 12.1 Å². The number of amides is 2. The fraction of sp³-hybridized carbons (Fsp3) is 0.353. The minimum Gasteiger partial charge on any atom is -0.390 e. The Morgan fingerprint density at radius 2 is 2.26 bits per heavy atom. The Morgan fingerprint density at radius 1 is 1.39 bits per heavy atom. The Bertz CT molecular complexity index is 757. The highest BCUT2D eigenvalue weighted by Crippen LogP contribution is 2.24. The molecule has 1 aromatic heterocycles. The van der Waals surface area contributed by atoms with Gasteiger partial charge in [-0.3, -0.25) is 4.98 Å². The lowest BCUT2D eigenvalue weighted by atomic mass is 10.1. The van der Waals surface area contributed by atoms with Gasteiger partial charge in [-0.1, -0.05) is 18.1 Å². The maximum absolute atomic E-state index is 12.1. The molecule has 0 saturated heterocycles. The highest BCUT2D eigenvalue weighted by Gasteiger charge is 2.20. The van der Waals surface area contributed by atoms with Crippen LogP contribution in [0.15, 0.2) is 35.6 Å². The molecule has 120 valence electrons. The molecule has 6 nitrogen and oxygen atoms in total. The molecule has 1 atom stereocenters. The number of pyridine rings is 1. The number of aryl methyl sites for hydroxylation is 1. The lowest BCUT2D eigenvalue weighted by Gasteiger charge is -2.13. The summed E-state index contributed by atoms with van der Waals surface area (Å²) in [7, 11) is 0. The van der Waals surface area contributed by atoms with Gasteiger partial charge < -0.3 is 15.5 Å². The molecule has 0 spiro atoms. The Labute approximate surface area is 134 Å². The number of hydrogen-bond donors (Lipinski definition) is 2. The van der Waals surface area contributed by atoms with Gasteiger partial charge in [-0.05, 0) is 37.1 Å². The fourth-order valence-electron chi connectivity index (χ4n) is 2.60. The van der Waals surface area contributed by atoms with Crippen LogP contribution in [0, 0.1) is 6.92 Å². The van der Waals surface area contributed by atoms with E-state index in [1.54, 1.807) is 6.20 Å². The van der Waals surface area contributed by atoms with Crippen molar-refractivity contribution in [2.75, 3.05) is 11.9 Å². The normalized spacial score (nSPS) is 16.8. The minimum absolute atomic E-state index is 0.0767. The zero-order valence-corrected chi connectivity index (χ0v) is 13.3. The third-order valence-electron chi connectivity index (χ3n) is 3.91. The van der Waals surface area contributed by atoms with Gasteiger partial charge in [0.05, 0.1) is 23.5 Å². The zero-order valence-electron chi connectivity index (χ0n) is 13.3. The summed E-state index contributed by atoms with van der Waals surface area (Å²) >= 11 is 0. The van der Waals surface area contributed by atoms with Crippen molar-refractivity contribution in [1.29, 1.82) is 0 Å². The Kier molecular flexibility index (Phi) is 4.41. The molecule has 2 heterocycles. The molecule has 2 N–H and O–H groups in total. The van der Waals surface area contributed by atoms with Crippen LogP contribution in [0.2, 0.25) is 0 Å². The van der Waals surface area contributed by atoms with Crippen LogP contribution in [-0.2, 0) is 4.84 Å². The first-order valence-corrected chi connectivity index (χ1v) is 7.78. The molecule has 0 fully saturated rings. The number of nitrogens with zero attached hydrogens (tertiary/aromatic N) is 2. The van der Waals surface area contributed by atoms with E-state index in [0.717, 1.165) is 40.7 Å². The average Bonchev–Trinajstić information content (AvgIpc) is 3.04. The minimum atomic E-state index is -0.257. The van der Waals surface area contributed by atoms with Crippen molar-refractivity contribution in [2.45, 2.75) is 32.8 Å². The summed E-state index contributed by atoms with van der Waals surface area (Å²) in [5, 5.41) is 10.6. The lowest BCUT2D eigenvalue weighted by Crippen LogP contribution is -2.35. The third-order valence-corrected chi connectivity index (χ3v) is 3.91. The summed E-state index contributed by atoms with van der Waals surface area (Å²) in [6.45, 7) is 4.48. The van der Waals surface area contributed by atoms with Crippen LogP contribution in [-0.4, -0.2) is 29.4 Å². The second-order valence-electron chi connectivity index (χ2n) is 5.61. The van der Waals surface area contributed by atoms with Crippen molar-refractivity contribution < 1.29 is 9.63 Å². The predicted molar refractivity (Wildman–Crippen MR) is 90.7 cm³/mol. The van der Waals surface area contributed by atoms with Crippen molar-refractivity contribution in [3.63, 3.8) is 0 Å². The summed E-state index contributed by atoms with van der Waals surface area (Å²) < 4.78 is 0. The third kappa shape index (κ3) is 3.41. The van der Waals surface area contributed by atoms with Crippen LogP contribution in [0.25, 0.3) is 10.9 Å². The molecule has 1 aliphatic heterocycles. The van der Waals surface area contributed by atoms with E-state index < -0.39 is 0 Å². The summed E-state index contributed by atoms with van der Waals surface area (Å²) in [6.07, 6.45) is 3.33. The van der Waals surface area contributed by atoms with Gasteiger partial charge in [0.2, 0.25) is 0 Å². The first-order chi connectivity index (χ1) is 11.2. The van der Waals surface area contributed by atoms with Crippen LogP contribution < -0.4 is 10.6 Å². The molecule has 1 aliphatic rings. The zero-order chi connectivity index (χ0) is 16.2. The number of anilines is 1. The largest absolute Gasteiger partial charge is 0.390 e. The van der Waals surface area contributed by atoms with E-state index in [9.17, 15) is 4.79 Å². The van der Waals surface area contributed by atoms with E-state index in [1.807, 2.05) is 38.1 Å². The van der Waals surface area contributed by atoms with Gasteiger partial charge in [0, 0.05) is 18.0 Å². The predicted octanol–water partition coefficient (Wildman–Crippen LogP) is 3.22. The second kappa shape index (κ2) is 6.64. The molecule has 0 aliphatic carbocycles. The molecule has 2 amide bonds. The monoisotopic (exact) mass is 312 g/mol. The van der Waals surface area contributed by atoms with Gasteiger partial charge >= 0.3 is 6.03 Å². The molecule has 0 saturated carbocycles. The van der Waals surface area contributed by atoms with Gasteiger partial charge in [-0.25, -0.2) is 4.79 Å². The van der Waals surface area contributed by atoms with Crippen molar-refractivity contribution >= 4 is 28.3 Å². The number of hydrogen-bond acceptors (Lipinski definition) is 4. The number of carbonyl (C=O) groups is 1. The molecule has 1 aromatic carbocycles. The highest BCUT2D eigenvalue weighted by molar-refractivity contribution is 6.01. The molecule has 0 radical (unpaired) electrons. The van der Waals surface area contributed by atoms with Crippen molar-refractivity contribution in [3.05, 3.63) is 36.0 Å². The van der Waals surface area contributed by atoms with Crippen LogP contribution in [0.5, 0.6) is 0 Å². The van der Waals surface area contributed by atoms with Gasteiger partial charge in [0.1, 0.15) is 6.10 Å². The summed E-state index contributed by atoms with van der Waals surface area (Å²) in [4.78, 5) is 21.8. The number of aromatic nitrogens is 1.